The molecular weight excluding hydrogens is 284 g/mol. The molecule has 0 aliphatic carbocycles. The molecule has 1 atom stereocenters. The molecule has 3 rings (SSSR count). The highest BCUT2D eigenvalue weighted by atomic mass is 16.2. The third-order valence-electron chi connectivity index (χ3n) is 5.55. The molecule has 2 fully saturated rings. The average molecular weight is 315 g/mol. The number of likely N-dealkylation sites (tertiary alicyclic amines) is 2. The molecule has 3 nitrogen and oxygen atoms in total. The molecule has 0 aromatic heterocycles. The monoisotopic (exact) mass is 315 g/mol. The number of piperidine rings is 2. The molecule has 2 heterocycles. The molecule has 2 aliphatic rings. The summed E-state index contributed by atoms with van der Waals surface area (Å²) in [6, 6.07) is 8.83. The van der Waals surface area contributed by atoms with Crippen molar-refractivity contribution in [1.29, 1.82) is 0 Å². The topological polar surface area (TPSA) is 24.8 Å². The summed E-state index contributed by atoms with van der Waals surface area (Å²) in [6.45, 7) is 9.76. The van der Waals surface area contributed by atoms with E-state index in [0.29, 0.717) is 11.8 Å². The van der Waals surface area contributed by atoms with E-state index in [1.54, 1.807) is 4.90 Å². The normalized spacial score (nSPS) is 28.6. The number of amides is 1. The molecule has 2 saturated heterocycles. The number of rotatable bonds is 3. The first-order valence-electron chi connectivity index (χ1n) is 9.29. The van der Waals surface area contributed by atoms with Crippen LogP contribution >= 0.6 is 0 Å². The second-order valence-corrected chi connectivity index (χ2v) is 7.72. The number of carbonyl (C=O) groups is 1. The zero-order valence-electron chi connectivity index (χ0n) is 14.7. The Labute approximate surface area is 140 Å². The maximum atomic E-state index is 12.7. The molecule has 0 bridgehead atoms. The van der Waals surface area contributed by atoms with Gasteiger partial charge in [-0.1, -0.05) is 36.8 Å². The lowest BCUT2D eigenvalue weighted by Gasteiger charge is -2.36. The highest BCUT2D eigenvalue weighted by molar-refractivity contribution is 5.79. The summed E-state index contributed by atoms with van der Waals surface area (Å²) in [7, 11) is 0. The van der Waals surface area contributed by atoms with Gasteiger partial charge in [0.2, 0.25) is 5.91 Å². The smallest absolute Gasteiger partial charge is 0.226 e. The molecule has 0 saturated carbocycles. The fraction of sp³-hybridized carbons (Fsp3) is 0.650. The van der Waals surface area contributed by atoms with Crippen molar-refractivity contribution in [2.45, 2.75) is 46.1 Å². The van der Waals surface area contributed by atoms with E-state index in [-0.39, 0.29) is 5.92 Å². The third kappa shape index (κ3) is 4.35. The quantitative estimate of drug-likeness (QED) is 0.907. The first-order valence-corrected chi connectivity index (χ1v) is 9.29. The molecule has 3 heteroatoms. The van der Waals surface area contributed by atoms with Gasteiger partial charge in [0.25, 0.3) is 0 Å². The Morgan fingerprint density at radius 2 is 2.04 bits per heavy atom. The van der Waals surface area contributed by atoms with Crippen molar-refractivity contribution >= 4 is 5.91 Å². The van der Waals surface area contributed by atoms with Crippen LogP contribution in [0.25, 0.3) is 0 Å². The Bertz CT molecular complexity index is 534. The zero-order valence-corrected chi connectivity index (χ0v) is 14.7. The van der Waals surface area contributed by atoms with Gasteiger partial charge in [0, 0.05) is 37.4 Å². The van der Waals surface area contributed by atoms with Crippen LogP contribution in [0, 0.1) is 18.8 Å². The summed E-state index contributed by atoms with van der Waals surface area (Å²) < 4.78 is 0. The Morgan fingerprint density at radius 3 is 2.74 bits per heavy atom. The highest BCUT2D eigenvalue weighted by Gasteiger charge is 2.32. The van der Waals surface area contributed by atoms with Crippen molar-refractivity contribution in [3.05, 3.63) is 35.4 Å². The van der Waals surface area contributed by atoms with Crippen LogP contribution in [0.4, 0.5) is 0 Å². The number of aryl methyl sites for hydroxylation is 1. The lowest BCUT2D eigenvalue weighted by Crippen LogP contribution is -3.11. The van der Waals surface area contributed by atoms with E-state index in [2.05, 4.69) is 43.0 Å². The fourth-order valence-electron chi connectivity index (χ4n) is 4.21. The van der Waals surface area contributed by atoms with Gasteiger partial charge in [-0.3, -0.25) is 4.79 Å². The van der Waals surface area contributed by atoms with Gasteiger partial charge in [-0.15, -0.1) is 0 Å². The number of hydrogen-bond acceptors (Lipinski definition) is 1. The minimum Gasteiger partial charge on any atom is -0.342 e. The van der Waals surface area contributed by atoms with Gasteiger partial charge in [-0.25, -0.2) is 0 Å². The van der Waals surface area contributed by atoms with E-state index in [4.69, 9.17) is 0 Å². The summed E-state index contributed by atoms with van der Waals surface area (Å²) in [5.41, 5.74) is 2.76. The third-order valence-corrected chi connectivity index (χ3v) is 5.55. The van der Waals surface area contributed by atoms with Crippen LogP contribution in [-0.2, 0) is 11.3 Å². The predicted molar refractivity (Wildman–Crippen MR) is 93.3 cm³/mol. The van der Waals surface area contributed by atoms with E-state index in [1.807, 2.05) is 0 Å². The molecule has 0 spiro atoms. The standard InChI is InChI=1S/C20H30N2O/c1-16-5-3-7-18(13-16)15-21-11-8-19(9-12-21)20(23)22-10-4-6-17(2)14-22/h3,5,7,13,17,19H,4,6,8-12,14-15H2,1-2H3/p+1/t17-/m0/s1. The minimum absolute atomic E-state index is 0.279. The molecule has 1 amide bonds. The van der Waals surface area contributed by atoms with Crippen LogP contribution in [0.2, 0.25) is 0 Å². The molecule has 23 heavy (non-hydrogen) atoms. The zero-order chi connectivity index (χ0) is 16.2. The van der Waals surface area contributed by atoms with Crippen LogP contribution in [-0.4, -0.2) is 37.0 Å². The average Bonchev–Trinajstić information content (AvgIpc) is 2.55. The second-order valence-electron chi connectivity index (χ2n) is 7.72. The Kier molecular flexibility index (Phi) is 5.37. The molecule has 0 unspecified atom stereocenters. The second kappa shape index (κ2) is 7.48. The first-order chi connectivity index (χ1) is 11.1. The molecule has 126 valence electrons. The van der Waals surface area contributed by atoms with Crippen molar-refractivity contribution in [2.75, 3.05) is 26.2 Å². The summed E-state index contributed by atoms with van der Waals surface area (Å²) in [4.78, 5) is 16.5. The van der Waals surface area contributed by atoms with Crippen molar-refractivity contribution < 1.29 is 9.69 Å². The van der Waals surface area contributed by atoms with E-state index in [9.17, 15) is 4.79 Å². The number of nitrogens with one attached hydrogen (secondary N) is 1. The highest BCUT2D eigenvalue weighted by Crippen LogP contribution is 2.20. The van der Waals surface area contributed by atoms with Crippen molar-refractivity contribution in [2.24, 2.45) is 11.8 Å². The van der Waals surface area contributed by atoms with Gasteiger partial charge in [-0.05, 0) is 25.7 Å². The molecule has 1 aromatic rings. The summed E-state index contributed by atoms with van der Waals surface area (Å²) in [5.74, 6) is 1.40. The maximum Gasteiger partial charge on any atom is 0.226 e. The molecule has 2 aliphatic heterocycles. The number of benzene rings is 1. The molecule has 0 radical (unpaired) electrons. The number of nitrogens with zero attached hydrogens (tertiary/aromatic N) is 1. The lowest BCUT2D eigenvalue weighted by atomic mass is 9.92. The van der Waals surface area contributed by atoms with Gasteiger partial charge < -0.3 is 9.80 Å². The first kappa shape index (κ1) is 16.5. The Balaban J connectivity index is 1.49. The van der Waals surface area contributed by atoms with E-state index >= 15 is 0 Å². The number of hydrogen-bond donors (Lipinski definition) is 1. The summed E-state index contributed by atoms with van der Waals surface area (Å²) in [5, 5.41) is 0. The summed E-state index contributed by atoms with van der Waals surface area (Å²) in [6.07, 6.45) is 4.59. The number of carbonyl (C=O) groups excluding carboxylic acids is 1. The molecule has 1 aromatic carbocycles. The van der Waals surface area contributed by atoms with Crippen LogP contribution in [0.3, 0.4) is 0 Å². The minimum atomic E-state index is 0.279. The largest absolute Gasteiger partial charge is 0.342 e. The van der Waals surface area contributed by atoms with Gasteiger partial charge in [0.15, 0.2) is 0 Å². The lowest BCUT2D eigenvalue weighted by molar-refractivity contribution is -0.919. The van der Waals surface area contributed by atoms with Crippen molar-refractivity contribution in [3.8, 4) is 0 Å². The van der Waals surface area contributed by atoms with Crippen molar-refractivity contribution in [1.82, 2.24) is 4.90 Å². The molecule has 1 N–H and O–H groups in total. The summed E-state index contributed by atoms with van der Waals surface area (Å²) >= 11 is 0. The van der Waals surface area contributed by atoms with Crippen LogP contribution in [0.5, 0.6) is 0 Å². The van der Waals surface area contributed by atoms with Crippen LogP contribution in [0.1, 0.15) is 43.7 Å². The van der Waals surface area contributed by atoms with Crippen LogP contribution < -0.4 is 4.90 Å². The van der Waals surface area contributed by atoms with E-state index in [1.165, 1.54) is 24.0 Å². The van der Waals surface area contributed by atoms with E-state index < -0.39 is 0 Å². The maximum absolute atomic E-state index is 12.7. The Morgan fingerprint density at radius 1 is 1.26 bits per heavy atom. The SMILES string of the molecule is Cc1cccc(C[NH+]2CCC(C(=O)N3CCC[C@H](C)C3)CC2)c1. The number of quaternary nitrogens is 1. The van der Waals surface area contributed by atoms with E-state index in [0.717, 1.165) is 45.6 Å². The van der Waals surface area contributed by atoms with Gasteiger partial charge in [0.1, 0.15) is 6.54 Å². The van der Waals surface area contributed by atoms with Crippen LogP contribution in [0.15, 0.2) is 24.3 Å². The predicted octanol–water partition coefficient (Wildman–Crippen LogP) is 2.05. The molecular formula is C20H31N2O+. The van der Waals surface area contributed by atoms with Gasteiger partial charge in [-0.2, -0.15) is 0 Å². The van der Waals surface area contributed by atoms with Crippen molar-refractivity contribution in [3.63, 3.8) is 0 Å². The van der Waals surface area contributed by atoms with Gasteiger partial charge in [0.05, 0.1) is 13.1 Å². The fourth-order valence-corrected chi connectivity index (χ4v) is 4.21. The Hall–Kier alpha value is -1.35. The van der Waals surface area contributed by atoms with Gasteiger partial charge >= 0.3 is 0 Å².